The van der Waals surface area contributed by atoms with E-state index in [4.69, 9.17) is 5.73 Å². The van der Waals surface area contributed by atoms with E-state index in [0.29, 0.717) is 17.9 Å². The van der Waals surface area contributed by atoms with Crippen LogP contribution in [0.1, 0.15) is 32.1 Å². The molecule has 2 nitrogen and oxygen atoms in total. The minimum atomic E-state index is -0.465. The molecule has 0 aliphatic heterocycles. The van der Waals surface area contributed by atoms with Crippen LogP contribution in [0.2, 0.25) is 0 Å². The van der Waals surface area contributed by atoms with E-state index < -0.39 is 6.10 Å². The van der Waals surface area contributed by atoms with Crippen molar-refractivity contribution in [1.82, 2.24) is 0 Å². The van der Waals surface area contributed by atoms with Crippen molar-refractivity contribution >= 4 is 0 Å². The third kappa shape index (κ3) is 1.09. The molecule has 63 valence electrons. The highest BCUT2D eigenvalue weighted by molar-refractivity contribution is 5.07. The van der Waals surface area contributed by atoms with Crippen LogP contribution >= 0.6 is 0 Å². The molecule has 2 N–H and O–H groups in total. The van der Waals surface area contributed by atoms with Crippen molar-refractivity contribution < 1.29 is 5.11 Å². The van der Waals surface area contributed by atoms with Crippen molar-refractivity contribution in [2.75, 3.05) is 6.54 Å². The first-order valence-electron chi connectivity index (χ1n) is 4.64. The Morgan fingerprint density at radius 3 is 2.64 bits per heavy atom. The van der Waals surface area contributed by atoms with Crippen molar-refractivity contribution in [1.29, 1.82) is 0 Å². The lowest BCUT2D eigenvalue weighted by Crippen LogP contribution is -2.23. The zero-order valence-corrected chi connectivity index (χ0v) is 6.88. The lowest BCUT2D eigenvalue weighted by Gasteiger charge is -2.09. The molecule has 1 radical (unpaired) electrons. The number of rotatable bonds is 2. The van der Waals surface area contributed by atoms with Gasteiger partial charge in [-0.25, -0.2) is 5.11 Å². The first-order valence-corrected chi connectivity index (χ1v) is 4.64. The fraction of sp³-hybridized carbons (Fsp3) is 1.00. The molecular formula is C9H16NO. The summed E-state index contributed by atoms with van der Waals surface area (Å²) in [4.78, 5) is 0. The molecule has 2 unspecified atom stereocenters. The van der Waals surface area contributed by atoms with Gasteiger partial charge in [0.1, 0.15) is 6.10 Å². The Kier molecular flexibility index (Phi) is 1.69. The third-order valence-electron chi connectivity index (χ3n) is 3.53. The molecule has 1 spiro atoms. The largest absolute Gasteiger partial charge is 0.328 e. The summed E-state index contributed by atoms with van der Waals surface area (Å²) in [6.07, 6.45) is 6.00. The maximum Gasteiger partial charge on any atom is 0.108 e. The molecule has 2 aliphatic carbocycles. The first-order chi connectivity index (χ1) is 5.28. The highest BCUT2D eigenvalue weighted by Gasteiger charge is 2.57. The summed E-state index contributed by atoms with van der Waals surface area (Å²) in [5.41, 5.74) is 5.84. The van der Waals surface area contributed by atoms with Crippen LogP contribution in [0, 0.1) is 11.3 Å². The zero-order valence-electron chi connectivity index (χ0n) is 6.88. The molecule has 0 aromatic rings. The van der Waals surface area contributed by atoms with Crippen LogP contribution in [0.25, 0.3) is 0 Å². The van der Waals surface area contributed by atoms with Crippen LogP contribution in [0.3, 0.4) is 0 Å². The predicted octanol–water partition coefficient (Wildman–Crippen LogP) is 1.32. The van der Waals surface area contributed by atoms with Gasteiger partial charge in [-0.3, -0.25) is 0 Å². The minimum Gasteiger partial charge on any atom is -0.328 e. The van der Waals surface area contributed by atoms with E-state index in [9.17, 15) is 5.11 Å². The van der Waals surface area contributed by atoms with Crippen LogP contribution in [-0.2, 0) is 5.11 Å². The predicted molar refractivity (Wildman–Crippen MR) is 42.5 cm³/mol. The highest BCUT2D eigenvalue weighted by atomic mass is 16.3. The van der Waals surface area contributed by atoms with Crippen molar-refractivity contribution in [2.24, 2.45) is 17.1 Å². The summed E-state index contributed by atoms with van der Waals surface area (Å²) in [6.45, 7) is 0.340. The summed E-state index contributed by atoms with van der Waals surface area (Å²) < 4.78 is 0. The van der Waals surface area contributed by atoms with E-state index in [-0.39, 0.29) is 0 Å². The summed E-state index contributed by atoms with van der Waals surface area (Å²) in [5, 5.41) is 11.3. The Bertz CT molecular complexity index is 152. The van der Waals surface area contributed by atoms with Gasteiger partial charge in [-0.05, 0) is 30.6 Å². The van der Waals surface area contributed by atoms with Crippen molar-refractivity contribution in [3.05, 3.63) is 0 Å². The standard InChI is InChI=1S/C9H16NO/c10-6-8(11)7-5-9(7)3-1-2-4-9/h7-8H,1-6,10H2. The summed E-state index contributed by atoms with van der Waals surface area (Å²) >= 11 is 0. The van der Waals surface area contributed by atoms with Gasteiger partial charge in [0.05, 0.1) is 0 Å². The van der Waals surface area contributed by atoms with Crippen LogP contribution < -0.4 is 5.73 Å². The normalized spacial score (nSPS) is 36.0. The topological polar surface area (TPSA) is 45.9 Å². The van der Waals surface area contributed by atoms with E-state index in [1.165, 1.54) is 32.1 Å². The quantitative estimate of drug-likeness (QED) is 0.640. The molecule has 2 saturated carbocycles. The van der Waals surface area contributed by atoms with Crippen molar-refractivity contribution in [3.8, 4) is 0 Å². The van der Waals surface area contributed by atoms with Crippen LogP contribution in [0.4, 0.5) is 0 Å². The van der Waals surface area contributed by atoms with Gasteiger partial charge < -0.3 is 5.73 Å². The molecule has 2 rings (SSSR count). The number of hydrogen-bond acceptors (Lipinski definition) is 1. The van der Waals surface area contributed by atoms with Gasteiger partial charge in [-0.1, -0.05) is 12.8 Å². The summed E-state index contributed by atoms with van der Waals surface area (Å²) in [6, 6.07) is 0. The van der Waals surface area contributed by atoms with Crippen molar-refractivity contribution in [2.45, 2.75) is 38.2 Å². The molecule has 2 heteroatoms. The van der Waals surface area contributed by atoms with Gasteiger partial charge in [0.15, 0.2) is 0 Å². The second-order valence-corrected chi connectivity index (χ2v) is 4.15. The van der Waals surface area contributed by atoms with Gasteiger partial charge in [0, 0.05) is 6.54 Å². The Morgan fingerprint density at radius 1 is 1.45 bits per heavy atom. The Hall–Kier alpha value is -0.0800. The first kappa shape index (κ1) is 7.56. The summed E-state index contributed by atoms with van der Waals surface area (Å²) in [5.74, 6) is 0.440. The Morgan fingerprint density at radius 2 is 2.09 bits per heavy atom. The minimum absolute atomic E-state index is 0.340. The molecule has 0 heterocycles. The lowest BCUT2D eigenvalue weighted by atomic mass is 9.99. The van der Waals surface area contributed by atoms with E-state index >= 15 is 0 Å². The van der Waals surface area contributed by atoms with E-state index in [1.54, 1.807) is 0 Å². The van der Waals surface area contributed by atoms with Gasteiger partial charge in [0.2, 0.25) is 0 Å². The zero-order chi connectivity index (χ0) is 7.90. The Balaban J connectivity index is 1.92. The number of hydrogen-bond donors (Lipinski definition) is 1. The fourth-order valence-electron chi connectivity index (χ4n) is 2.72. The molecule has 0 aromatic heterocycles. The van der Waals surface area contributed by atoms with Crippen molar-refractivity contribution in [3.63, 3.8) is 0 Å². The van der Waals surface area contributed by atoms with E-state index in [1.807, 2.05) is 0 Å². The lowest BCUT2D eigenvalue weighted by molar-refractivity contribution is 0.0638. The highest BCUT2D eigenvalue weighted by Crippen LogP contribution is 2.63. The van der Waals surface area contributed by atoms with Crippen LogP contribution in [0.15, 0.2) is 0 Å². The maximum absolute atomic E-state index is 11.3. The average molecular weight is 154 g/mol. The summed E-state index contributed by atoms with van der Waals surface area (Å²) in [7, 11) is 0. The molecule has 0 aromatic carbocycles. The monoisotopic (exact) mass is 154 g/mol. The molecule has 2 atom stereocenters. The SMILES string of the molecule is NCC([O])C1CC12CCCC2. The van der Waals surface area contributed by atoms with E-state index in [2.05, 4.69) is 0 Å². The smallest absolute Gasteiger partial charge is 0.108 e. The van der Waals surface area contributed by atoms with Crippen LogP contribution in [-0.4, -0.2) is 12.6 Å². The van der Waals surface area contributed by atoms with Gasteiger partial charge in [0.25, 0.3) is 0 Å². The third-order valence-corrected chi connectivity index (χ3v) is 3.53. The molecule has 0 bridgehead atoms. The maximum atomic E-state index is 11.3. The average Bonchev–Trinajstić information content (AvgIpc) is 2.48. The molecule has 2 aliphatic rings. The number of nitrogens with two attached hydrogens (primary N) is 1. The van der Waals surface area contributed by atoms with Gasteiger partial charge in [-0.15, -0.1) is 0 Å². The van der Waals surface area contributed by atoms with Gasteiger partial charge in [-0.2, -0.15) is 0 Å². The molecule has 0 saturated heterocycles. The fourth-order valence-corrected chi connectivity index (χ4v) is 2.72. The Labute approximate surface area is 67.8 Å². The van der Waals surface area contributed by atoms with Crippen LogP contribution in [0.5, 0.6) is 0 Å². The second-order valence-electron chi connectivity index (χ2n) is 4.15. The molecule has 2 fully saturated rings. The molecular weight excluding hydrogens is 138 g/mol. The van der Waals surface area contributed by atoms with E-state index in [0.717, 1.165) is 0 Å². The molecule has 0 amide bonds. The second kappa shape index (κ2) is 2.46. The molecule has 11 heavy (non-hydrogen) atoms. The van der Waals surface area contributed by atoms with Gasteiger partial charge >= 0.3 is 0 Å².